The molecule has 3 nitrogen and oxygen atoms in total. The molecule has 1 aliphatic carbocycles. The minimum absolute atomic E-state index is 0.0289. The molecule has 0 saturated heterocycles. The fourth-order valence-corrected chi connectivity index (χ4v) is 4.86. The number of aliphatic hydroxyl groups excluding tert-OH is 1. The van der Waals surface area contributed by atoms with Crippen molar-refractivity contribution in [2.45, 2.75) is 58.0 Å². The molecule has 0 amide bonds. The van der Waals surface area contributed by atoms with E-state index < -0.39 is 5.97 Å². The predicted octanol–water partition coefficient (Wildman–Crippen LogP) is 6.56. The second-order valence-electron chi connectivity index (χ2n) is 9.92. The van der Waals surface area contributed by atoms with Crippen LogP contribution in [0.1, 0.15) is 67.6 Å². The molecule has 0 unspecified atom stereocenters. The number of rotatable bonds is 4. The summed E-state index contributed by atoms with van der Waals surface area (Å²) in [6.45, 7) is 8.77. The summed E-state index contributed by atoms with van der Waals surface area (Å²) in [4.78, 5) is 12.2. The zero-order chi connectivity index (χ0) is 22.4. The Morgan fingerprint density at radius 2 is 1.45 bits per heavy atom. The fourth-order valence-electron chi connectivity index (χ4n) is 4.86. The summed E-state index contributed by atoms with van der Waals surface area (Å²) in [5.74, 6) is -1.02. The zero-order valence-corrected chi connectivity index (χ0v) is 18.7. The highest BCUT2D eigenvalue weighted by molar-refractivity contribution is 5.99. The SMILES string of the molecule is CC1(C)CCC(C)(C)c2cc(-c3cc(-c4ccccc4)cc(CO)c3C(=O)O)ccc21. The van der Waals surface area contributed by atoms with Crippen LogP contribution in [0.3, 0.4) is 0 Å². The van der Waals surface area contributed by atoms with Gasteiger partial charge in [-0.2, -0.15) is 0 Å². The summed E-state index contributed by atoms with van der Waals surface area (Å²) in [5.41, 5.74) is 6.80. The van der Waals surface area contributed by atoms with E-state index in [1.54, 1.807) is 6.07 Å². The molecule has 0 atom stereocenters. The number of hydrogen-bond donors (Lipinski definition) is 2. The normalized spacial score (nSPS) is 16.5. The van der Waals surface area contributed by atoms with E-state index in [-0.39, 0.29) is 23.0 Å². The Labute approximate surface area is 184 Å². The molecule has 0 heterocycles. The lowest BCUT2D eigenvalue weighted by atomic mass is 9.63. The van der Waals surface area contributed by atoms with Gasteiger partial charge >= 0.3 is 5.97 Å². The molecule has 0 aromatic heterocycles. The van der Waals surface area contributed by atoms with Crippen molar-refractivity contribution in [2.24, 2.45) is 0 Å². The highest BCUT2D eigenvalue weighted by Gasteiger charge is 2.37. The molecule has 0 spiro atoms. The van der Waals surface area contributed by atoms with Crippen molar-refractivity contribution in [3.63, 3.8) is 0 Å². The van der Waals surface area contributed by atoms with Gasteiger partial charge in [0.25, 0.3) is 0 Å². The Kier molecular flexibility index (Phi) is 5.26. The van der Waals surface area contributed by atoms with Crippen LogP contribution >= 0.6 is 0 Å². The van der Waals surface area contributed by atoms with Crippen LogP contribution in [-0.2, 0) is 17.4 Å². The highest BCUT2D eigenvalue weighted by atomic mass is 16.4. The molecule has 1 aliphatic rings. The first-order valence-corrected chi connectivity index (χ1v) is 10.9. The second kappa shape index (κ2) is 7.65. The van der Waals surface area contributed by atoms with Crippen molar-refractivity contribution in [2.75, 3.05) is 0 Å². The van der Waals surface area contributed by atoms with Crippen molar-refractivity contribution in [3.8, 4) is 22.3 Å². The van der Waals surface area contributed by atoms with Crippen LogP contribution in [0.15, 0.2) is 60.7 Å². The van der Waals surface area contributed by atoms with Crippen LogP contribution in [0.5, 0.6) is 0 Å². The standard InChI is InChI=1S/C28H30O3/c1-27(2)12-13-28(3,4)24-16-19(10-11-23(24)27)22-15-20(18-8-6-5-7-9-18)14-21(17-29)25(22)26(30)31/h5-11,14-16,29H,12-13,17H2,1-4H3,(H,30,31). The van der Waals surface area contributed by atoms with Crippen LogP contribution < -0.4 is 0 Å². The minimum Gasteiger partial charge on any atom is -0.478 e. The van der Waals surface area contributed by atoms with Crippen molar-refractivity contribution >= 4 is 5.97 Å². The average Bonchev–Trinajstić information content (AvgIpc) is 2.76. The molecule has 3 aromatic rings. The van der Waals surface area contributed by atoms with Gasteiger partial charge in [0.15, 0.2) is 0 Å². The van der Waals surface area contributed by atoms with E-state index in [0.29, 0.717) is 11.1 Å². The van der Waals surface area contributed by atoms with E-state index in [1.165, 1.54) is 11.1 Å². The Hall–Kier alpha value is -2.91. The number of hydrogen-bond acceptors (Lipinski definition) is 2. The van der Waals surface area contributed by atoms with Gasteiger partial charge in [-0.05, 0) is 74.7 Å². The largest absolute Gasteiger partial charge is 0.478 e. The predicted molar refractivity (Wildman–Crippen MR) is 125 cm³/mol. The molecule has 31 heavy (non-hydrogen) atoms. The molecule has 4 rings (SSSR count). The van der Waals surface area contributed by atoms with Gasteiger partial charge in [-0.25, -0.2) is 4.79 Å². The second-order valence-corrected chi connectivity index (χ2v) is 9.92. The topological polar surface area (TPSA) is 57.5 Å². The molecule has 3 heteroatoms. The monoisotopic (exact) mass is 414 g/mol. The lowest BCUT2D eigenvalue weighted by Gasteiger charge is -2.42. The smallest absolute Gasteiger partial charge is 0.336 e. The Morgan fingerprint density at radius 3 is 2.06 bits per heavy atom. The molecule has 0 bridgehead atoms. The molecule has 160 valence electrons. The van der Waals surface area contributed by atoms with E-state index in [0.717, 1.165) is 29.5 Å². The Bertz CT molecular complexity index is 1140. The highest BCUT2D eigenvalue weighted by Crippen LogP contribution is 2.47. The number of carboxylic acids is 1. The van der Waals surface area contributed by atoms with E-state index >= 15 is 0 Å². The number of aromatic carboxylic acids is 1. The summed E-state index contributed by atoms with van der Waals surface area (Å²) in [7, 11) is 0. The van der Waals surface area contributed by atoms with Gasteiger partial charge in [0.05, 0.1) is 12.2 Å². The zero-order valence-electron chi connectivity index (χ0n) is 18.7. The number of benzene rings is 3. The quantitative estimate of drug-likeness (QED) is 0.508. The van der Waals surface area contributed by atoms with Crippen molar-refractivity contribution in [1.82, 2.24) is 0 Å². The summed E-state index contributed by atoms with van der Waals surface area (Å²) in [5, 5.41) is 20.0. The third-order valence-corrected chi connectivity index (χ3v) is 6.88. The van der Waals surface area contributed by atoms with Gasteiger partial charge in [-0.1, -0.05) is 76.2 Å². The maximum Gasteiger partial charge on any atom is 0.336 e. The third-order valence-electron chi connectivity index (χ3n) is 6.88. The maximum atomic E-state index is 12.2. The summed E-state index contributed by atoms with van der Waals surface area (Å²) < 4.78 is 0. The van der Waals surface area contributed by atoms with Crippen LogP contribution in [0.4, 0.5) is 0 Å². The van der Waals surface area contributed by atoms with Crippen molar-refractivity contribution in [3.05, 3.63) is 82.9 Å². The molecule has 2 N–H and O–H groups in total. The first-order valence-electron chi connectivity index (χ1n) is 10.9. The van der Waals surface area contributed by atoms with Gasteiger partial charge in [0.2, 0.25) is 0 Å². The van der Waals surface area contributed by atoms with Gasteiger partial charge in [-0.15, -0.1) is 0 Å². The van der Waals surface area contributed by atoms with Crippen LogP contribution in [0, 0.1) is 0 Å². The number of carboxylic acid groups (broad SMARTS) is 1. The lowest BCUT2D eigenvalue weighted by Crippen LogP contribution is -2.33. The fraction of sp³-hybridized carbons (Fsp3) is 0.321. The summed E-state index contributed by atoms with van der Waals surface area (Å²) >= 11 is 0. The van der Waals surface area contributed by atoms with Gasteiger partial charge in [0.1, 0.15) is 0 Å². The number of aliphatic hydroxyl groups is 1. The van der Waals surface area contributed by atoms with E-state index in [2.05, 4.69) is 39.8 Å². The van der Waals surface area contributed by atoms with Gasteiger partial charge in [0, 0.05) is 0 Å². The molecule has 3 aromatic carbocycles. The first-order chi connectivity index (χ1) is 14.6. The molecule has 0 saturated carbocycles. The Morgan fingerprint density at radius 1 is 0.806 bits per heavy atom. The van der Waals surface area contributed by atoms with Gasteiger partial charge < -0.3 is 10.2 Å². The molecular formula is C28H30O3. The number of fused-ring (bicyclic) bond motifs is 1. The van der Waals surface area contributed by atoms with E-state index in [1.807, 2.05) is 42.5 Å². The third kappa shape index (κ3) is 3.79. The molecule has 0 aliphatic heterocycles. The molecular weight excluding hydrogens is 384 g/mol. The van der Waals surface area contributed by atoms with E-state index in [4.69, 9.17) is 0 Å². The van der Waals surface area contributed by atoms with Crippen LogP contribution in [0.2, 0.25) is 0 Å². The first kappa shape index (κ1) is 21.3. The van der Waals surface area contributed by atoms with Crippen molar-refractivity contribution < 1.29 is 15.0 Å². The average molecular weight is 415 g/mol. The number of carbonyl (C=O) groups is 1. The molecule has 0 fully saturated rings. The van der Waals surface area contributed by atoms with Crippen LogP contribution in [-0.4, -0.2) is 16.2 Å². The minimum atomic E-state index is -1.02. The summed E-state index contributed by atoms with van der Waals surface area (Å²) in [6.07, 6.45) is 2.22. The summed E-state index contributed by atoms with van der Waals surface area (Å²) in [6, 6.07) is 20.0. The van der Waals surface area contributed by atoms with Crippen LogP contribution in [0.25, 0.3) is 22.3 Å². The molecule has 0 radical (unpaired) electrons. The van der Waals surface area contributed by atoms with Crippen molar-refractivity contribution in [1.29, 1.82) is 0 Å². The maximum absolute atomic E-state index is 12.2. The Balaban J connectivity index is 1.98. The van der Waals surface area contributed by atoms with Gasteiger partial charge in [-0.3, -0.25) is 0 Å². The van der Waals surface area contributed by atoms with E-state index in [9.17, 15) is 15.0 Å². The lowest BCUT2D eigenvalue weighted by molar-refractivity contribution is 0.0694.